The Hall–Kier alpha value is -0.300. The van der Waals surface area contributed by atoms with Gasteiger partial charge in [0.05, 0.1) is 0 Å². The first-order valence-corrected chi connectivity index (χ1v) is 3.30. The molecule has 0 heterocycles. The van der Waals surface area contributed by atoms with Gasteiger partial charge < -0.3 is 0 Å². The van der Waals surface area contributed by atoms with E-state index >= 15 is 0 Å². The summed E-state index contributed by atoms with van der Waals surface area (Å²) in [6.45, 7) is 2.07. The van der Waals surface area contributed by atoms with Gasteiger partial charge in [-0.1, -0.05) is 41.1 Å². The zero-order valence-electron chi connectivity index (χ0n) is 4.69. The summed E-state index contributed by atoms with van der Waals surface area (Å²) >= 11 is 3.36. The monoisotopic (exact) mass is 186 g/mol. The number of aryl methyl sites for hydroxylation is 1. The van der Waals surface area contributed by atoms with Crippen LogP contribution < -0.4 is 0 Å². The first kappa shape index (κ1) is 8.70. The van der Waals surface area contributed by atoms with E-state index in [2.05, 4.69) is 35.0 Å². The van der Waals surface area contributed by atoms with Crippen molar-refractivity contribution < 1.29 is 0 Å². The van der Waals surface area contributed by atoms with Crippen LogP contribution in [0.1, 0.15) is 13.0 Å². The molecule has 0 amide bonds. The minimum absolute atomic E-state index is 0. The number of rotatable bonds is 0. The van der Waals surface area contributed by atoms with Gasteiger partial charge in [0.15, 0.2) is 0 Å². The summed E-state index contributed by atoms with van der Waals surface area (Å²) < 4.78 is 1.15. The summed E-state index contributed by atoms with van der Waals surface area (Å²) in [5, 5.41) is 0. The maximum Gasteiger partial charge on any atom is 0.0177 e. The van der Waals surface area contributed by atoms with Gasteiger partial charge in [0, 0.05) is 4.47 Å². The summed E-state index contributed by atoms with van der Waals surface area (Å²) in [6.07, 6.45) is 0. The Morgan fingerprint density at radius 1 is 1.33 bits per heavy atom. The molecule has 1 aromatic rings. The van der Waals surface area contributed by atoms with Crippen LogP contribution in [-0.2, 0) is 0 Å². The van der Waals surface area contributed by atoms with Crippen LogP contribution in [-0.4, -0.2) is 0 Å². The van der Waals surface area contributed by atoms with Crippen molar-refractivity contribution in [2.24, 2.45) is 0 Å². The molecule has 0 aliphatic rings. The lowest BCUT2D eigenvalue weighted by atomic mass is 10.2. The molecule has 0 atom stereocenters. The third-order valence-corrected chi connectivity index (χ3v) is 1.47. The molecular weight excluding hydrogens is 176 g/mol. The molecule has 0 N–H and O–H groups in total. The van der Waals surface area contributed by atoms with Crippen LogP contribution in [0, 0.1) is 6.92 Å². The van der Waals surface area contributed by atoms with E-state index in [0.717, 1.165) is 4.47 Å². The van der Waals surface area contributed by atoms with E-state index in [0.29, 0.717) is 0 Å². The van der Waals surface area contributed by atoms with Crippen molar-refractivity contribution >= 4 is 15.9 Å². The topological polar surface area (TPSA) is 0 Å². The molecule has 0 spiro atoms. The third kappa shape index (κ3) is 2.66. The van der Waals surface area contributed by atoms with E-state index in [-0.39, 0.29) is 7.43 Å². The molecule has 1 aromatic carbocycles. The van der Waals surface area contributed by atoms with Crippen molar-refractivity contribution in [3.63, 3.8) is 0 Å². The largest absolute Gasteiger partial charge is 0.0776 e. The van der Waals surface area contributed by atoms with Crippen molar-refractivity contribution in [2.45, 2.75) is 14.4 Å². The van der Waals surface area contributed by atoms with Crippen LogP contribution in [0.2, 0.25) is 0 Å². The van der Waals surface area contributed by atoms with Crippen LogP contribution in [0.4, 0.5) is 0 Å². The molecule has 9 heavy (non-hydrogen) atoms. The maximum atomic E-state index is 3.36. The van der Waals surface area contributed by atoms with Gasteiger partial charge in [-0.25, -0.2) is 0 Å². The van der Waals surface area contributed by atoms with Gasteiger partial charge in [-0.2, -0.15) is 0 Å². The van der Waals surface area contributed by atoms with Crippen LogP contribution in [0.25, 0.3) is 0 Å². The lowest BCUT2D eigenvalue weighted by molar-refractivity contribution is 1.45. The molecule has 0 saturated heterocycles. The zero-order chi connectivity index (χ0) is 5.98. The Balaban J connectivity index is 0.000000640. The van der Waals surface area contributed by atoms with E-state index in [9.17, 15) is 0 Å². The average molecular weight is 187 g/mol. The molecule has 0 nitrogen and oxygen atoms in total. The molecule has 0 unspecified atom stereocenters. The molecule has 0 bridgehead atoms. The SMILES string of the molecule is C.Cc1cccc(Br)c1. The van der Waals surface area contributed by atoms with Crippen molar-refractivity contribution in [2.75, 3.05) is 0 Å². The predicted octanol–water partition coefficient (Wildman–Crippen LogP) is 3.39. The minimum atomic E-state index is 0. The summed E-state index contributed by atoms with van der Waals surface area (Å²) in [6, 6.07) is 8.21. The first-order valence-electron chi connectivity index (χ1n) is 2.51. The van der Waals surface area contributed by atoms with Gasteiger partial charge in [0.1, 0.15) is 0 Å². The van der Waals surface area contributed by atoms with Gasteiger partial charge in [-0.05, 0) is 19.1 Å². The molecule has 0 aliphatic heterocycles. The quantitative estimate of drug-likeness (QED) is 0.583. The van der Waals surface area contributed by atoms with Crippen LogP contribution >= 0.6 is 15.9 Å². The van der Waals surface area contributed by atoms with E-state index in [4.69, 9.17) is 0 Å². The van der Waals surface area contributed by atoms with Gasteiger partial charge in [-0.3, -0.25) is 0 Å². The summed E-state index contributed by atoms with van der Waals surface area (Å²) in [7, 11) is 0. The molecule has 0 aliphatic carbocycles. The minimum Gasteiger partial charge on any atom is -0.0776 e. The fourth-order valence-corrected chi connectivity index (χ4v) is 1.12. The maximum absolute atomic E-state index is 3.36. The standard InChI is InChI=1S/C7H7Br.CH4/c1-6-3-2-4-7(8)5-6;/h2-5H,1H3;1H4. The highest BCUT2D eigenvalue weighted by molar-refractivity contribution is 9.10. The molecule has 0 saturated carbocycles. The molecule has 50 valence electrons. The van der Waals surface area contributed by atoms with Crippen molar-refractivity contribution in [1.29, 1.82) is 0 Å². The lowest BCUT2D eigenvalue weighted by Crippen LogP contribution is -1.67. The first-order chi connectivity index (χ1) is 3.79. The zero-order valence-corrected chi connectivity index (χ0v) is 6.27. The Labute approximate surface area is 65.0 Å². The predicted molar refractivity (Wildman–Crippen MR) is 45.6 cm³/mol. The normalized spacial score (nSPS) is 8.22. The highest BCUT2D eigenvalue weighted by atomic mass is 79.9. The summed E-state index contributed by atoms with van der Waals surface area (Å²) in [5.74, 6) is 0. The Morgan fingerprint density at radius 2 is 2.00 bits per heavy atom. The second-order valence-corrected chi connectivity index (χ2v) is 2.71. The van der Waals surface area contributed by atoms with Crippen molar-refractivity contribution in [3.05, 3.63) is 34.3 Å². The van der Waals surface area contributed by atoms with Gasteiger partial charge >= 0.3 is 0 Å². The average Bonchev–Trinajstić information content (AvgIpc) is 1.64. The number of hydrogen-bond acceptors (Lipinski definition) is 0. The van der Waals surface area contributed by atoms with E-state index in [1.807, 2.05) is 12.1 Å². The molecule has 1 rings (SSSR count). The van der Waals surface area contributed by atoms with Gasteiger partial charge in [0.25, 0.3) is 0 Å². The molecule has 0 aromatic heterocycles. The van der Waals surface area contributed by atoms with Crippen LogP contribution in [0.5, 0.6) is 0 Å². The van der Waals surface area contributed by atoms with E-state index in [1.54, 1.807) is 0 Å². The van der Waals surface area contributed by atoms with Crippen molar-refractivity contribution in [3.8, 4) is 0 Å². The number of hydrogen-bond donors (Lipinski definition) is 0. The Morgan fingerprint density at radius 3 is 2.33 bits per heavy atom. The summed E-state index contributed by atoms with van der Waals surface area (Å²) in [5.41, 5.74) is 1.29. The number of halogens is 1. The van der Waals surface area contributed by atoms with Gasteiger partial charge in [-0.15, -0.1) is 0 Å². The van der Waals surface area contributed by atoms with Crippen LogP contribution in [0.3, 0.4) is 0 Å². The number of benzene rings is 1. The lowest BCUT2D eigenvalue weighted by Gasteiger charge is -1.89. The van der Waals surface area contributed by atoms with Crippen molar-refractivity contribution in [1.82, 2.24) is 0 Å². The smallest absolute Gasteiger partial charge is 0.0177 e. The van der Waals surface area contributed by atoms with E-state index < -0.39 is 0 Å². The fraction of sp³-hybridized carbons (Fsp3) is 0.250. The molecule has 0 fully saturated rings. The highest BCUT2D eigenvalue weighted by Crippen LogP contribution is 2.09. The Kier molecular flexibility index (Phi) is 3.55. The second kappa shape index (κ2) is 3.67. The molecular formula is C8H11Br. The summed E-state index contributed by atoms with van der Waals surface area (Å²) in [4.78, 5) is 0. The second-order valence-electron chi connectivity index (χ2n) is 1.80. The molecule has 1 heteroatoms. The van der Waals surface area contributed by atoms with E-state index in [1.165, 1.54) is 5.56 Å². The fourth-order valence-electron chi connectivity index (χ4n) is 0.606. The van der Waals surface area contributed by atoms with Crippen LogP contribution in [0.15, 0.2) is 28.7 Å². The Bertz CT molecular complexity index is 164. The third-order valence-electron chi connectivity index (χ3n) is 0.980. The van der Waals surface area contributed by atoms with Gasteiger partial charge in [0.2, 0.25) is 0 Å². The molecule has 0 radical (unpaired) electrons. The highest BCUT2D eigenvalue weighted by Gasteiger charge is 1.82.